The SMILES string of the molecule is Cc1ccc(S(=O)(=O)N2CC(C(=O)Nc3ccc4c(c3)oc3ccccc34)Oc3ccccc32)cc1. The summed E-state index contributed by atoms with van der Waals surface area (Å²) >= 11 is 0. The fraction of sp³-hybridized carbons (Fsp3) is 0.107. The molecule has 1 aromatic heterocycles. The summed E-state index contributed by atoms with van der Waals surface area (Å²) in [6, 6.07) is 26.6. The van der Waals surface area contributed by atoms with Gasteiger partial charge in [0.1, 0.15) is 16.9 Å². The lowest BCUT2D eigenvalue weighted by Gasteiger charge is -2.34. The largest absolute Gasteiger partial charge is 0.476 e. The van der Waals surface area contributed by atoms with Crippen LogP contribution in [0.25, 0.3) is 21.9 Å². The van der Waals surface area contributed by atoms with Crippen LogP contribution in [0.2, 0.25) is 0 Å². The Hall–Kier alpha value is -4.30. The third-order valence-corrected chi connectivity index (χ3v) is 8.08. The molecule has 1 atom stereocenters. The molecule has 0 saturated carbocycles. The number of hydrogen-bond acceptors (Lipinski definition) is 5. The zero-order valence-electron chi connectivity index (χ0n) is 19.3. The predicted molar refractivity (Wildman–Crippen MR) is 139 cm³/mol. The molecule has 0 aliphatic carbocycles. The average molecular weight is 499 g/mol. The molecule has 0 bridgehead atoms. The van der Waals surface area contributed by atoms with Gasteiger partial charge >= 0.3 is 0 Å². The third-order valence-electron chi connectivity index (χ3n) is 6.28. The zero-order valence-corrected chi connectivity index (χ0v) is 20.2. The number of nitrogens with one attached hydrogen (secondary N) is 1. The monoisotopic (exact) mass is 498 g/mol. The van der Waals surface area contributed by atoms with Crippen LogP contribution in [0.4, 0.5) is 11.4 Å². The molecule has 1 aliphatic heterocycles. The van der Waals surface area contributed by atoms with E-state index in [1.807, 2.05) is 37.3 Å². The van der Waals surface area contributed by atoms with Gasteiger partial charge in [0, 0.05) is 22.5 Å². The van der Waals surface area contributed by atoms with Crippen molar-refractivity contribution in [3.05, 3.63) is 96.6 Å². The number of hydrogen-bond donors (Lipinski definition) is 1. The fourth-order valence-electron chi connectivity index (χ4n) is 4.43. The minimum absolute atomic E-state index is 0.152. The van der Waals surface area contributed by atoms with Gasteiger partial charge in [0.15, 0.2) is 6.10 Å². The van der Waals surface area contributed by atoms with Crippen molar-refractivity contribution in [3.8, 4) is 5.75 Å². The van der Waals surface area contributed by atoms with Crippen LogP contribution in [0.3, 0.4) is 0 Å². The second-order valence-corrected chi connectivity index (χ2v) is 10.6. The molecule has 1 amide bonds. The Bertz CT molecular complexity index is 1720. The Balaban J connectivity index is 1.30. The van der Waals surface area contributed by atoms with Gasteiger partial charge in [-0.1, -0.05) is 48.0 Å². The number of amides is 1. The van der Waals surface area contributed by atoms with E-state index in [1.165, 1.54) is 4.31 Å². The lowest BCUT2D eigenvalue weighted by molar-refractivity contribution is -0.122. The first kappa shape index (κ1) is 22.2. The minimum atomic E-state index is -3.92. The number of nitrogens with zero attached hydrogens (tertiary/aromatic N) is 1. The van der Waals surface area contributed by atoms with E-state index in [0.29, 0.717) is 22.7 Å². The summed E-state index contributed by atoms with van der Waals surface area (Å²) in [4.78, 5) is 13.4. The van der Waals surface area contributed by atoms with E-state index in [9.17, 15) is 13.2 Å². The van der Waals surface area contributed by atoms with Crippen LogP contribution in [-0.2, 0) is 14.8 Å². The summed E-state index contributed by atoms with van der Waals surface area (Å²) in [6.45, 7) is 1.73. The number of rotatable bonds is 4. The maximum atomic E-state index is 13.5. The molecule has 1 aliphatic rings. The molecular formula is C28H22N2O5S. The van der Waals surface area contributed by atoms with Crippen molar-refractivity contribution in [2.45, 2.75) is 17.9 Å². The van der Waals surface area contributed by atoms with Gasteiger partial charge < -0.3 is 14.5 Å². The first-order chi connectivity index (χ1) is 17.4. The molecule has 4 aromatic carbocycles. The summed E-state index contributed by atoms with van der Waals surface area (Å²) in [5, 5.41) is 4.79. The van der Waals surface area contributed by atoms with Crippen LogP contribution in [0.15, 0.2) is 100 Å². The number of aryl methyl sites for hydroxylation is 1. The molecule has 0 fully saturated rings. The van der Waals surface area contributed by atoms with Gasteiger partial charge in [-0.25, -0.2) is 8.42 Å². The van der Waals surface area contributed by atoms with Gasteiger partial charge in [0.05, 0.1) is 17.1 Å². The Labute approximate surface area is 208 Å². The molecule has 8 heteroatoms. The van der Waals surface area contributed by atoms with Crippen molar-refractivity contribution in [2.75, 3.05) is 16.2 Å². The van der Waals surface area contributed by atoms with Crippen LogP contribution in [-0.4, -0.2) is 27.0 Å². The van der Waals surface area contributed by atoms with E-state index in [2.05, 4.69) is 5.32 Å². The average Bonchev–Trinajstić information content (AvgIpc) is 3.26. The third kappa shape index (κ3) is 3.76. The molecule has 5 aromatic rings. The van der Waals surface area contributed by atoms with E-state index >= 15 is 0 Å². The van der Waals surface area contributed by atoms with Crippen molar-refractivity contribution in [2.24, 2.45) is 0 Å². The molecular weight excluding hydrogens is 476 g/mol. The van der Waals surface area contributed by atoms with Crippen LogP contribution in [0.1, 0.15) is 5.56 Å². The lowest BCUT2D eigenvalue weighted by Crippen LogP contribution is -2.48. The summed E-state index contributed by atoms with van der Waals surface area (Å²) in [7, 11) is -3.92. The highest BCUT2D eigenvalue weighted by Crippen LogP contribution is 2.37. The number of benzene rings is 4. The van der Waals surface area contributed by atoms with Gasteiger partial charge in [-0.3, -0.25) is 9.10 Å². The Kier molecular flexibility index (Phi) is 5.19. The topological polar surface area (TPSA) is 88.9 Å². The molecule has 0 radical (unpaired) electrons. The summed E-state index contributed by atoms with van der Waals surface area (Å²) in [6.07, 6.45) is -1.05. The Morgan fingerprint density at radius 1 is 0.889 bits per heavy atom. The highest BCUT2D eigenvalue weighted by atomic mass is 32.2. The van der Waals surface area contributed by atoms with Crippen LogP contribution < -0.4 is 14.4 Å². The van der Waals surface area contributed by atoms with Gasteiger partial charge in [0.2, 0.25) is 0 Å². The van der Waals surface area contributed by atoms with Crippen LogP contribution >= 0.6 is 0 Å². The highest BCUT2D eigenvalue weighted by Gasteiger charge is 2.37. The van der Waals surface area contributed by atoms with Gasteiger partial charge in [0.25, 0.3) is 15.9 Å². The quantitative estimate of drug-likeness (QED) is 0.354. The standard InChI is InChI=1S/C28H22N2O5S/c1-18-10-13-20(14-11-18)36(32,33)30-17-27(35-25-9-5-3-7-23(25)30)28(31)29-19-12-15-22-21-6-2-4-8-24(21)34-26(22)16-19/h2-16,27H,17H2,1H3,(H,29,31). The number of carbonyl (C=O) groups excluding carboxylic acids is 1. The first-order valence-corrected chi connectivity index (χ1v) is 12.9. The van der Waals surface area contributed by atoms with Crippen LogP contribution in [0, 0.1) is 6.92 Å². The molecule has 36 heavy (non-hydrogen) atoms. The van der Waals surface area contributed by atoms with E-state index in [1.54, 1.807) is 60.7 Å². The van der Waals surface area contributed by atoms with Crippen molar-refractivity contribution in [1.29, 1.82) is 0 Å². The van der Waals surface area contributed by atoms with Gasteiger partial charge in [-0.15, -0.1) is 0 Å². The van der Waals surface area contributed by atoms with E-state index in [4.69, 9.17) is 9.15 Å². The number of fused-ring (bicyclic) bond motifs is 4. The number of sulfonamides is 1. The summed E-state index contributed by atoms with van der Waals surface area (Å²) < 4.78 is 40.2. The molecule has 1 unspecified atom stereocenters. The Morgan fingerprint density at radius 3 is 2.44 bits per heavy atom. The number of ether oxygens (including phenoxy) is 1. The second-order valence-electron chi connectivity index (χ2n) is 8.72. The van der Waals surface area contributed by atoms with Crippen LogP contribution in [0.5, 0.6) is 5.75 Å². The second kappa shape index (κ2) is 8.42. The number of anilines is 2. The predicted octanol–water partition coefficient (Wildman–Crippen LogP) is 5.49. The maximum absolute atomic E-state index is 13.5. The molecule has 0 spiro atoms. The van der Waals surface area contributed by atoms with E-state index < -0.39 is 22.0 Å². The Morgan fingerprint density at radius 2 is 1.61 bits per heavy atom. The van der Waals surface area contributed by atoms with Gasteiger partial charge in [-0.05, 0) is 49.4 Å². The lowest BCUT2D eigenvalue weighted by atomic mass is 10.1. The fourth-order valence-corrected chi connectivity index (χ4v) is 5.91. The number of para-hydroxylation sites is 3. The van der Waals surface area contributed by atoms with E-state index in [0.717, 1.165) is 21.9 Å². The minimum Gasteiger partial charge on any atom is -0.476 e. The number of carbonyl (C=O) groups is 1. The molecule has 1 N–H and O–H groups in total. The number of furan rings is 1. The summed E-state index contributed by atoms with van der Waals surface area (Å²) in [5.41, 5.74) is 3.29. The normalized spacial score (nSPS) is 15.5. The highest BCUT2D eigenvalue weighted by molar-refractivity contribution is 7.92. The zero-order chi connectivity index (χ0) is 24.9. The van der Waals surface area contributed by atoms with Crippen molar-refractivity contribution < 1.29 is 22.4 Å². The molecule has 180 valence electrons. The molecule has 6 rings (SSSR count). The van der Waals surface area contributed by atoms with Gasteiger partial charge in [-0.2, -0.15) is 0 Å². The van der Waals surface area contributed by atoms with Crippen molar-refractivity contribution in [3.63, 3.8) is 0 Å². The van der Waals surface area contributed by atoms with Crippen molar-refractivity contribution in [1.82, 2.24) is 0 Å². The van der Waals surface area contributed by atoms with E-state index in [-0.39, 0.29) is 11.4 Å². The van der Waals surface area contributed by atoms with Crippen molar-refractivity contribution >= 4 is 49.2 Å². The first-order valence-electron chi connectivity index (χ1n) is 11.5. The maximum Gasteiger partial charge on any atom is 0.267 e. The molecule has 0 saturated heterocycles. The molecule has 2 heterocycles. The smallest absolute Gasteiger partial charge is 0.267 e. The summed E-state index contributed by atoms with van der Waals surface area (Å²) in [5.74, 6) is -0.128. The molecule has 7 nitrogen and oxygen atoms in total.